The molecule has 0 fully saturated rings. The number of esters is 1. The molecule has 18 heavy (non-hydrogen) atoms. The Balaban J connectivity index is 3.20. The summed E-state index contributed by atoms with van der Waals surface area (Å²) < 4.78 is 30.2. The van der Waals surface area contributed by atoms with E-state index in [1.807, 2.05) is 0 Å². The number of hydrogen-bond donors (Lipinski definition) is 0. The first-order valence-electron chi connectivity index (χ1n) is 5.02. The molecule has 0 saturated heterocycles. The van der Waals surface area contributed by atoms with Crippen molar-refractivity contribution in [2.75, 3.05) is 6.61 Å². The van der Waals surface area contributed by atoms with Crippen LogP contribution in [0.25, 0.3) is 0 Å². The maximum Gasteiger partial charge on any atom is 0.310 e. The zero-order valence-corrected chi connectivity index (χ0v) is 10.2. The first kappa shape index (κ1) is 14.3. The molecular weight excluding hydrogens is 266 g/mol. The van der Waals surface area contributed by atoms with Crippen LogP contribution >= 0.6 is 11.6 Å². The third-order valence-electron chi connectivity index (χ3n) is 2.12. The third kappa shape index (κ3) is 3.14. The molecule has 1 aromatic heterocycles. The van der Waals surface area contributed by atoms with Gasteiger partial charge in [0.25, 0.3) is 6.43 Å². The first-order valence-corrected chi connectivity index (χ1v) is 5.40. The average molecular weight is 275 g/mol. The summed E-state index contributed by atoms with van der Waals surface area (Å²) >= 11 is 5.78. The molecule has 0 bridgehead atoms. The number of pyridine rings is 1. The quantitative estimate of drug-likeness (QED) is 0.792. The van der Waals surface area contributed by atoms with Crippen LogP contribution in [0, 0.1) is 11.3 Å². The lowest BCUT2D eigenvalue weighted by atomic mass is 10.1. The van der Waals surface area contributed by atoms with Gasteiger partial charge in [-0.05, 0) is 12.5 Å². The summed E-state index contributed by atoms with van der Waals surface area (Å²) in [4.78, 5) is 14.8. The Kier molecular flexibility index (Phi) is 4.98. The van der Waals surface area contributed by atoms with Crippen molar-refractivity contribution in [2.45, 2.75) is 19.8 Å². The molecule has 1 heterocycles. The normalized spacial score (nSPS) is 10.2. The van der Waals surface area contributed by atoms with Crippen LogP contribution in [-0.4, -0.2) is 17.6 Å². The zero-order valence-electron chi connectivity index (χ0n) is 9.41. The van der Waals surface area contributed by atoms with Gasteiger partial charge < -0.3 is 4.74 Å². The van der Waals surface area contributed by atoms with Crippen molar-refractivity contribution < 1.29 is 18.3 Å². The minimum atomic E-state index is -2.83. The number of halogens is 3. The molecule has 0 atom stereocenters. The van der Waals surface area contributed by atoms with Crippen LogP contribution in [0.5, 0.6) is 0 Å². The Hall–Kier alpha value is -1.74. The second-order valence-corrected chi connectivity index (χ2v) is 3.63. The molecule has 0 aliphatic carbocycles. The van der Waals surface area contributed by atoms with E-state index in [9.17, 15) is 13.6 Å². The summed E-state index contributed by atoms with van der Waals surface area (Å²) in [6.45, 7) is 1.73. The minimum absolute atomic E-state index is 0.114. The fraction of sp³-hybridized carbons (Fsp3) is 0.364. The van der Waals surface area contributed by atoms with Gasteiger partial charge in [-0.25, -0.2) is 13.8 Å². The van der Waals surface area contributed by atoms with Crippen molar-refractivity contribution in [2.24, 2.45) is 0 Å². The number of nitrogens with zero attached hydrogens (tertiary/aromatic N) is 2. The molecule has 96 valence electrons. The standard InChI is InChI=1S/C11H9ClF2N2O2/c1-2-18-9(17)3-6-7(11(13)14)5-16-8(4-15)10(6)12/h5,11H,2-3H2,1H3. The van der Waals surface area contributed by atoms with Gasteiger partial charge >= 0.3 is 5.97 Å². The molecule has 0 N–H and O–H groups in total. The number of hydrogen-bond acceptors (Lipinski definition) is 4. The van der Waals surface area contributed by atoms with E-state index in [1.54, 1.807) is 13.0 Å². The molecule has 0 unspecified atom stereocenters. The summed E-state index contributed by atoms with van der Waals surface area (Å²) in [6.07, 6.45) is -2.39. The fourth-order valence-corrected chi connectivity index (χ4v) is 1.61. The fourth-order valence-electron chi connectivity index (χ4n) is 1.34. The number of carbonyl (C=O) groups excluding carboxylic acids is 1. The van der Waals surface area contributed by atoms with Crippen molar-refractivity contribution in [1.29, 1.82) is 5.26 Å². The highest BCUT2D eigenvalue weighted by molar-refractivity contribution is 6.32. The van der Waals surface area contributed by atoms with Gasteiger partial charge in [-0.3, -0.25) is 4.79 Å². The topological polar surface area (TPSA) is 63.0 Å². The molecule has 1 rings (SSSR count). The number of ether oxygens (including phenoxy) is 1. The average Bonchev–Trinajstić information content (AvgIpc) is 2.31. The van der Waals surface area contributed by atoms with Crippen molar-refractivity contribution >= 4 is 17.6 Å². The highest BCUT2D eigenvalue weighted by Gasteiger charge is 2.21. The highest BCUT2D eigenvalue weighted by atomic mass is 35.5. The Morgan fingerprint density at radius 2 is 2.33 bits per heavy atom. The molecule has 0 amide bonds. The molecule has 0 radical (unpaired) electrons. The van der Waals surface area contributed by atoms with Crippen LogP contribution in [0.3, 0.4) is 0 Å². The predicted molar refractivity (Wildman–Crippen MR) is 59.3 cm³/mol. The molecular formula is C11H9ClF2N2O2. The number of aromatic nitrogens is 1. The maximum absolute atomic E-state index is 12.7. The van der Waals surface area contributed by atoms with E-state index in [1.165, 1.54) is 0 Å². The van der Waals surface area contributed by atoms with E-state index in [2.05, 4.69) is 9.72 Å². The van der Waals surface area contributed by atoms with Crippen LogP contribution in [0.1, 0.15) is 30.2 Å². The molecule has 0 aliphatic rings. The van der Waals surface area contributed by atoms with Crippen molar-refractivity contribution in [3.05, 3.63) is 28.0 Å². The molecule has 0 aliphatic heterocycles. The summed E-state index contributed by atoms with van der Waals surface area (Å²) in [5.74, 6) is -0.684. The van der Waals surface area contributed by atoms with E-state index in [0.29, 0.717) is 0 Å². The van der Waals surface area contributed by atoms with E-state index in [0.717, 1.165) is 6.20 Å². The summed E-state index contributed by atoms with van der Waals surface area (Å²) in [6, 6.07) is 1.67. The molecule has 0 aromatic carbocycles. The number of alkyl halides is 2. The first-order chi connectivity index (χ1) is 8.51. The number of nitriles is 1. The van der Waals surface area contributed by atoms with Gasteiger partial charge in [0, 0.05) is 11.8 Å². The van der Waals surface area contributed by atoms with Crippen LogP contribution in [0.2, 0.25) is 5.02 Å². The second kappa shape index (κ2) is 6.26. The molecule has 7 heteroatoms. The smallest absolute Gasteiger partial charge is 0.310 e. The van der Waals surface area contributed by atoms with Crippen LogP contribution in [-0.2, 0) is 16.0 Å². The lowest BCUT2D eigenvalue weighted by molar-refractivity contribution is -0.142. The van der Waals surface area contributed by atoms with Gasteiger partial charge in [-0.15, -0.1) is 0 Å². The van der Waals surface area contributed by atoms with Crippen LogP contribution in [0.4, 0.5) is 8.78 Å². The maximum atomic E-state index is 12.7. The summed E-state index contributed by atoms with van der Waals surface area (Å²) in [5.41, 5.74) is -0.774. The van der Waals surface area contributed by atoms with Crippen LogP contribution < -0.4 is 0 Å². The number of carbonyl (C=O) groups is 1. The molecule has 1 aromatic rings. The van der Waals surface area contributed by atoms with E-state index < -0.39 is 24.4 Å². The lowest BCUT2D eigenvalue weighted by Gasteiger charge is -2.10. The van der Waals surface area contributed by atoms with Crippen molar-refractivity contribution in [3.63, 3.8) is 0 Å². The molecule has 0 spiro atoms. The Labute approximate surface area is 107 Å². The van der Waals surface area contributed by atoms with Crippen molar-refractivity contribution in [3.8, 4) is 6.07 Å². The predicted octanol–water partition coefficient (Wildman–Crippen LogP) is 2.65. The van der Waals surface area contributed by atoms with E-state index in [-0.39, 0.29) is 22.9 Å². The summed E-state index contributed by atoms with van der Waals surface area (Å²) in [5, 5.41) is 8.48. The monoisotopic (exact) mass is 274 g/mol. The van der Waals surface area contributed by atoms with Gasteiger partial charge in [0.05, 0.1) is 18.1 Å². The SMILES string of the molecule is CCOC(=O)Cc1c(C(F)F)cnc(C#N)c1Cl. The van der Waals surface area contributed by atoms with E-state index in [4.69, 9.17) is 16.9 Å². The Morgan fingerprint density at radius 1 is 1.67 bits per heavy atom. The molecule has 0 saturated carbocycles. The second-order valence-electron chi connectivity index (χ2n) is 3.25. The summed E-state index contributed by atoms with van der Waals surface area (Å²) in [7, 11) is 0. The Bertz CT molecular complexity index is 501. The zero-order chi connectivity index (χ0) is 13.7. The van der Waals surface area contributed by atoms with Gasteiger partial charge in [0.1, 0.15) is 6.07 Å². The van der Waals surface area contributed by atoms with Gasteiger partial charge in [-0.2, -0.15) is 5.26 Å². The number of rotatable bonds is 4. The van der Waals surface area contributed by atoms with Gasteiger partial charge in [0.2, 0.25) is 0 Å². The highest BCUT2D eigenvalue weighted by Crippen LogP contribution is 2.30. The minimum Gasteiger partial charge on any atom is -0.466 e. The van der Waals surface area contributed by atoms with Gasteiger partial charge in [-0.1, -0.05) is 11.6 Å². The van der Waals surface area contributed by atoms with E-state index >= 15 is 0 Å². The molecule has 4 nitrogen and oxygen atoms in total. The third-order valence-corrected chi connectivity index (χ3v) is 2.53. The largest absolute Gasteiger partial charge is 0.466 e. The van der Waals surface area contributed by atoms with Crippen LogP contribution in [0.15, 0.2) is 6.20 Å². The lowest BCUT2D eigenvalue weighted by Crippen LogP contribution is -2.11. The Morgan fingerprint density at radius 3 is 2.83 bits per heavy atom. The van der Waals surface area contributed by atoms with Gasteiger partial charge in [0.15, 0.2) is 5.69 Å². The van der Waals surface area contributed by atoms with Crippen molar-refractivity contribution in [1.82, 2.24) is 4.98 Å².